The average Bonchev–Trinajstić information content (AvgIpc) is 2.53. The molecule has 1 N–H and O–H groups in total. The van der Waals surface area contributed by atoms with Gasteiger partial charge >= 0.3 is 6.09 Å². The third-order valence-electron chi connectivity index (χ3n) is 2.42. The average molecular weight is 331 g/mol. The SMILES string of the molecule is C#CCOCCOCCOCCOCCOC(=O)NCC(C)C. The molecule has 23 heavy (non-hydrogen) atoms. The lowest BCUT2D eigenvalue weighted by atomic mass is 10.2. The Labute approximate surface area is 138 Å². The maximum absolute atomic E-state index is 11.2. The second-order valence-electron chi connectivity index (χ2n) is 5.00. The molecule has 0 heterocycles. The number of terminal acetylenes is 1. The number of hydrogen-bond acceptors (Lipinski definition) is 6. The molecule has 0 fully saturated rings. The van der Waals surface area contributed by atoms with Crippen LogP contribution in [0.5, 0.6) is 0 Å². The Morgan fingerprint density at radius 1 is 0.913 bits per heavy atom. The van der Waals surface area contributed by atoms with E-state index in [4.69, 9.17) is 30.1 Å². The van der Waals surface area contributed by atoms with E-state index in [9.17, 15) is 4.79 Å². The summed E-state index contributed by atoms with van der Waals surface area (Å²) in [7, 11) is 0. The largest absolute Gasteiger partial charge is 0.447 e. The Kier molecular flexibility index (Phi) is 16.0. The van der Waals surface area contributed by atoms with Crippen LogP contribution in [0.3, 0.4) is 0 Å². The number of hydrogen-bond donors (Lipinski definition) is 1. The molecule has 0 aromatic rings. The first-order valence-electron chi connectivity index (χ1n) is 7.82. The first-order valence-corrected chi connectivity index (χ1v) is 7.82. The first kappa shape index (κ1) is 21.7. The summed E-state index contributed by atoms with van der Waals surface area (Å²) in [5, 5.41) is 2.65. The minimum atomic E-state index is -0.415. The molecule has 0 bridgehead atoms. The van der Waals surface area contributed by atoms with Crippen molar-refractivity contribution >= 4 is 6.09 Å². The predicted octanol–water partition coefficient (Wildman–Crippen LogP) is 1.07. The van der Waals surface area contributed by atoms with Crippen LogP contribution in [0.1, 0.15) is 13.8 Å². The zero-order valence-corrected chi connectivity index (χ0v) is 14.2. The molecule has 1 amide bonds. The van der Waals surface area contributed by atoms with E-state index in [0.29, 0.717) is 65.3 Å². The van der Waals surface area contributed by atoms with Gasteiger partial charge in [-0.3, -0.25) is 0 Å². The number of alkyl carbamates (subject to hydrolysis) is 1. The van der Waals surface area contributed by atoms with Gasteiger partial charge in [-0.05, 0) is 5.92 Å². The molecule has 0 saturated heterocycles. The number of carbonyl (C=O) groups excluding carboxylic acids is 1. The summed E-state index contributed by atoms with van der Waals surface area (Å²) in [6.45, 7) is 8.40. The summed E-state index contributed by atoms with van der Waals surface area (Å²) in [5.74, 6) is 2.78. The van der Waals surface area contributed by atoms with Crippen LogP contribution in [0, 0.1) is 18.3 Å². The highest BCUT2D eigenvalue weighted by atomic mass is 16.6. The molecule has 0 spiro atoms. The highest BCUT2D eigenvalue weighted by Crippen LogP contribution is 1.88. The molecule has 134 valence electrons. The molecule has 0 aromatic carbocycles. The number of ether oxygens (including phenoxy) is 5. The fraction of sp³-hybridized carbons (Fsp3) is 0.812. The quantitative estimate of drug-likeness (QED) is 0.357. The van der Waals surface area contributed by atoms with Crippen LogP contribution >= 0.6 is 0 Å². The Bertz CT molecular complexity index is 316. The van der Waals surface area contributed by atoms with E-state index in [1.807, 2.05) is 13.8 Å². The summed E-state index contributed by atoms with van der Waals surface area (Å²) in [4.78, 5) is 11.2. The van der Waals surface area contributed by atoms with Gasteiger partial charge < -0.3 is 29.0 Å². The van der Waals surface area contributed by atoms with E-state index in [-0.39, 0.29) is 6.61 Å². The van der Waals surface area contributed by atoms with Crippen molar-refractivity contribution < 1.29 is 28.5 Å². The molecule has 0 radical (unpaired) electrons. The molecule has 0 aliphatic rings. The van der Waals surface area contributed by atoms with Gasteiger partial charge in [-0.2, -0.15) is 0 Å². The molecule has 0 aliphatic heterocycles. The van der Waals surface area contributed by atoms with Gasteiger partial charge in [0, 0.05) is 6.54 Å². The normalized spacial score (nSPS) is 10.5. The lowest BCUT2D eigenvalue weighted by molar-refractivity contribution is -0.00409. The van der Waals surface area contributed by atoms with Crippen molar-refractivity contribution in [2.75, 3.05) is 66.0 Å². The fourth-order valence-electron chi connectivity index (χ4n) is 1.32. The monoisotopic (exact) mass is 331 g/mol. The van der Waals surface area contributed by atoms with E-state index in [1.165, 1.54) is 0 Å². The van der Waals surface area contributed by atoms with Gasteiger partial charge in [0.25, 0.3) is 0 Å². The van der Waals surface area contributed by atoms with E-state index in [0.717, 1.165) is 0 Å². The summed E-state index contributed by atoms with van der Waals surface area (Å²) in [6, 6.07) is 0. The van der Waals surface area contributed by atoms with Crippen LogP contribution < -0.4 is 5.32 Å². The van der Waals surface area contributed by atoms with Crippen LogP contribution in [0.4, 0.5) is 4.79 Å². The van der Waals surface area contributed by atoms with E-state index >= 15 is 0 Å². The van der Waals surface area contributed by atoms with Gasteiger partial charge in [-0.1, -0.05) is 19.8 Å². The Hall–Kier alpha value is -1.33. The predicted molar refractivity (Wildman–Crippen MR) is 86.3 cm³/mol. The first-order chi connectivity index (χ1) is 11.2. The Morgan fingerprint density at radius 2 is 1.39 bits per heavy atom. The Morgan fingerprint density at radius 3 is 1.87 bits per heavy atom. The van der Waals surface area contributed by atoms with Crippen molar-refractivity contribution in [3.63, 3.8) is 0 Å². The van der Waals surface area contributed by atoms with Crippen LogP contribution in [0.2, 0.25) is 0 Å². The second kappa shape index (κ2) is 17.0. The smallest absolute Gasteiger partial charge is 0.407 e. The molecule has 0 aliphatic carbocycles. The summed E-state index contributed by atoms with van der Waals surface area (Å²) < 4.78 is 25.8. The van der Waals surface area contributed by atoms with Crippen molar-refractivity contribution in [1.82, 2.24) is 5.32 Å². The highest BCUT2D eigenvalue weighted by Gasteiger charge is 2.02. The van der Waals surface area contributed by atoms with Crippen LogP contribution in [0.25, 0.3) is 0 Å². The lowest BCUT2D eigenvalue weighted by Crippen LogP contribution is -2.29. The summed E-state index contributed by atoms with van der Waals surface area (Å²) in [6.07, 6.45) is 4.62. The summed E-state index contributed by atoms with van der Waals surface area (Å²) >= 11 is 0. The van der Waals surface area contributed by atoms with E-state index < -0.39 is 6.09 Å². The fourth-order valence-corrected chi connectivity index (χ4v) is 1.32. The van der Waals surface area contributed by atoms with Crippen molar-refractivity contribution in [3.05, 3.63) is 0 Å². The third kappa shape index (κ3) is 18.6. The Balaban J connectivity index is 3.10. The van der Waals surface area contributed by atoms with E-state index in [2.05, 4.69) is 11.2 Å². The molecule has 7 nitrogen and oxygen atoms in total. The highest BCUT2D eigenvalue weighted by molar-refractivity contribution is 5.67. The zero-order chi connectivity index (χ0) is 17.2. The number of nitrogens with one attached hydrogen (secondary N) is 1. The number of rotatable bonds is 15. The minimum absolute atomic E-state index is 0.227. The van der Waals surface area contributed by atoms with Gasteiger partial charge in [0.1, 0.15) is 13.2 Å². The van der Waals surface area contributed by atoms with Gasteiger partial charge in [0.05, 0.1) is 46.2 Å². The molecular weight excluding hydrogens is 302 g/mol. The second-order valence-corrected chi connectivity index (χ2v) is 5.00. The topological polar surface area (TPSA) is 75.2 Å². The van der Waals surface area contributed by atoms with Gasteiger partial charge in [-0.25, -0.2) is 4.79 Å². The lowest BCUT2D eigenvalue weighted by Gasteiger charge is -2.09. The third-order valence-corrected chi connectivity index (χ3v) is 2.42. The number of amides is 1. The standard InChI is InChI=1S/C16H29NO6/c1-4-5-19-6-7-20-8-9-21-10-11-22-12-13-23-16(18)17-14-15(2)3/h1,15H,5-14H2,2-3H3,(H,17,18). The van der Waals surface area contributed by atoms with Crippen LogP contribution in [-0.4, -0.2) is 72.1 Å². The maximum atomic E-state index is 11.2. The maximum Gasteiger partial charge on any atom is 0.407 e. The van der Waals surface area contributed by atoms with Crippen molar-refractivity contribution in [1.29, 1.82) is 0 Å². The van der Waals surface area contributed by atoms with Gasteiger partial charge in [-0.15, -0.1) is 6.42 Å². The molecule has 0 aromatic heterocycles. The zero-order valence-electron chi connectivity index (χ0n) is 14.2. The van der Waals surface area contributed by atoms with Crippen molar-refractivity contribution in [3.8, 4) is 12.3 Å². The van der Waals surface area contributed by atoms with Crippen molar-refractivity contribution in [2.45, 2.75) is 13.8 Å². The number of carbonyl (C=O) groups is 1. The molecular formula is C16H29NO6. The molecule has 0 rings (SSSR count). The molecule has 7 heteroatoms. The van der Waals surface area contributed by atoms with Crippen LogP contribution in [0.15, 0.2) is 0 Å². The van der Waals surface area contributed by atoms with Crippen molar-refractivity contribution in [2.24, 2.45) is 5.92 Å². The minimum Gasteiger partial charge on any atom is -0.447 e. The molecule has 0 unspecified atom stereocenters. The van der Waals surface area contributed by atoms with E-state index in [1.54, 1.807) is 0 Å². The molecule has 0 saturated carbocycles. The van der Waals surface area contributed by atoms with Gasteiger partial charge in [0.15, 0.2) is 0 Å². The van der Waals surface area contributed by atoms with Crippen LogP contribution in [-0.2, 0) is 23.7 Å². The summed E-state index contributed by atoms with van der Waals surface area (Å²) in [5.41, 5.74) is 0. The molecule has 0 atom stereocenters. The van der Waals surface area contributed by atoms with Gasteiger partial charge in [0.2, 0.25) is 0 Å².